The summed E-state index contributed by atoms with van der Waals surface area (Å²) in [5, 5.41) is 19.0. The Morgan fingerprint density at radius 1 is 1.06 bits per heavy atom. The molecule has 0 spiro atoms. The van der Waals surface area contributed by atoms with Gasteiger partial charge in [-0.05, 0) is 49.5 Å². The third kappa shape index (κ3) is 5.83. The third-order valence-electron chi connectivity index (χ3n) is 5.56. The van der Waals surface area contributed by atoms with Crippen LogP contribution >= 0.6 is 0 Å². The Balaban J connectivity index is 1.61. The number of nitriles is 1. The van der Waals surface area contributed by atoms with Crippen LogP contribution in [-0.2, 0) is 9.84 Å². The molecule has 33 heavy (non-hydrogen) atoms. The van der Waals surface area contributed by atoms with Gasteiger partial charge in [-0.2, -0.15) is 5.26 Å². The first kappa shape index (κ1) is 22.6. The van der Waals surface area contributed by atoms with Crippen LogP contribution in [0.5, 0.6) is 0 Å². The second-order valence-electron chi connectivity index (χ2n) is 8.01. The molecule has 1 aliphatic rings. The standard InChI is InChI=1S/C23H25N7O2S/c1-33(31,32)19-4-2-17(3-5-19)20-14-29-22(30-23-15-26-18(11-24)13-28-23)10-21(20)27-12-16-6-8-25-9-7-16/h2-5,10,13-16,25H,6-9,12H2,1H3,(H2,27,28,29,30). The first-order valence-electron chi connectivity index (χ1n) is 10.7. The average Bonchev–Trinajstić information content (AvgIpc) is 2.83. The Labute approximate surface area is 193 Å². The van der Waals surface area contributed by atoms with Crippen LogP contribution in [0.2, 0.25) is 0 Å². The molecule has 0 saturated carbocycles. The van der Waals surface area contributed by atoms with Gasteiger partial charge in [0, 0.05) is 36.3 Å². The minimum atomic E-state index is -3.26. The molecule has 4 rings (SSSR count). The Bertz CT molecular complexity index is 1250. The lowest BCUT2D eigenvalue weighted by Gasteiger charge is -2.24. The molecule has 1 aromatic carbocycles. The number of sulfone groups is 1. The van der Waals surface area contributed by atoms with E-state index in [1.165, 1.54) is 18.6 Å². The fourth-order valence-corrected chi connectivity index (χ4v) is 4.33. The number of nitrogens with zero attached hydrogens (tertiary/aromatic N) is 4. The summed E-state index contributed by atoms with van der Waals surface area (Å²) >= 11 is 0. The van der Waals surface area contributed by atoms with Crippen molar-refractivity contribution in [1.29, 1.82) is 5.26 Å². The molecule has 3 N–H and O–H groups in total. The fraction of sp³-hybridized carbons (Fsp3) is 0.304. The van der Waals surface area contributed by atoms with Crippen LogP contribution in [0.1, 0.15) is 18.5 Å². The van der Waals surface area contributed by atoms with Gasteiger partial charge in [0.2, 0.25) is 0 Å². The van der Waals surface area contributed by atoms with Gasteiger partial charge in [-0.15, -0.1) is 0 Å². The molecular weight excluding hydrogens is 438 g/mol. The summed E-state index contributed by atoms with van der Waals surface area (Å²) < 4.78 is 23.6. The second kappa shape index (κ2) is 9.94. The maximum Gasteiger partial charge on any atom is 0.175 e. The zero-order valence-electron chi connectivity index (χ0n) is 18.2. The molecule has 0 unspecified atom stereocenters. The molecule has 2 aromatic heterocycles. The van der Waals surface area contributed by atoms with Gasteiger partial charge < -0.3 is 16.0 Å². The Kier molecular flexibility index (Phi) is 6.82. The predicted octanol–water partition coefficient (Wildman–Crippen LogP) is 2.97. The minimum Gasteiger partial charge on any atom is -0.384 e. The highest BCUT2D eigenvalue weighted by Gasteiger charge is 2.15. The topological polar surface area (TPSA) is 133 Å². The number of pyridine rings is 1. The molecule has 10 heteroatoms. The molecule has 3 aromatic rings. The molecule has 0 radical (unpaired) electrons. The van der Waals surface area contributed by atoms with Crippen LogP contribution in [0.3, 0.4) is 0 Å². The normalized spacial score (nSPS) is 14.4. The number of piperidine rings is 1. The van der Waals surface area contributed by atoms with Crippen molar-refractivity contribution < 1.29 is 8.42 Å². The number of hydrogen-bond acceptors (Lipinski definition) is 9. The molecule has 0 bridgehead atoms. The molecule has 3 heterocycles. The summed E-state index contributed by atoms with van der Waals surface area (Å²) in [5.74, 6) is 1.63. The Hall–Kier alpha value is -3.55. The summed E-state index contributed by atoms with van der Waals surface area (Å²) in [6.07, 6.45) is 8.06. The SMILES string of the molecule is CS(=O)(=O)c1ccc(-c2cnc(Nc3cnc(C#N)cn3)cc2NCC2CCNCC2)cc1. The summed E-state index contributed by atoms with van der Waals surface area (Å²) in [6, 6.07) is 10.7. The Morgan fingerprint density at radius 2 is 1.79 bits per heavy atom. The largest absolute Gasteiger partial charge is 0.384 e. The zero-order valence-corrected chi connectivity index (χ0v) is 19.1. The van der Waals surface area contributed by atoms with Gasteiger partial charge in [0.25, 0.3) is 0 Å². The smallest absolute Gasteiger partial charge is 0.175 e. The monoisotopic (exact) mass is 463 g/mol. The van der Waals surface area contributed by atoms with E-state index < -0.39 is 9.84 Å². The molecule has 9 nitrogen and oxygen atoms in total. The van der Waals surface area contributed by atoms with Crippen LogP contribution in [0.25, 0.3) is 11.1 Å². The number of rotatable bonds is 7. The Morgan fingerprint density at radius 3 is 2.42 bits per heavy atom. The molecular formula is C23H25N7O2S. The van der Waals surface area contributed by atoms with Gasteiger partial charge in [-0.3, -0.25) is 0 Å². The van der Waals surface area contributed by atoms with Crippen molar-refractivity contribution >= 4 is 27.2 Å². The van der Waals surface area contributed by atoms with Crippen molar-refractivity contribution in [3.63, 3.8) is 0 Å². The second-order valence-corrected chi connectivity index (χ2v) is 10.0. The summed E-state index contributed by atoms with van der Waals surface area (Å²) in [7, 11) is -3.26. The van der Waals surface area contributed by atoms with E-state index in [0.717, 1.165) is 49.3 Å². The summed E-state index contributed by atoms with van der Waals surface area (Å²) in [5.41, 5.74) is 2.87. The molecule has 1 saturated heterocycles. The van der Waals surface area contributed by atoms with E-state index >= 15 is 0 Å². The minimum absolute atomic E-state index is 0.241. The van der Waals surface area contributed by atoms with E-state index in [0.29, 0.717) is 17.6 Å². The lowest BCUT2D eigenvalue weighted by atomic mass is 9.97. The van der Waals surface area contributed by atoms with Crippen LogP contribution < -0.4 is 16.0 Å². The molecule has 1 fully saturated rings. The number of benzene rings is 1. The molecule has 0 atom stereocenters. The lowest BCUT2D eigenvalue weighted by molar-refractivity contribution is 0.390. The average molecular weight is 464 g/mol. The van der Waals surface area contributed by atoms with Crippen LogP contribution in [0.4, 0.5) is 17.3 Å². The quantitative estimate of drug-likeness (QED) is 0.483. The molecule has 0 aliphatic carbocycles. The van der Waals surface area contributed by atoms with Crippen LogP contribution in [-0.4, -0.2) is 49.3 Å². The number of anilines is 3. The number of nitrogens with one attached hydrogen (secondary N) is 3. The maximum atomic E-state index is 11.8. The first-order valence-corrected chi connectivity index (χ1v) is 12.6. The highest BCUT2D eigenvalue weighted by atomic mass is 32.2. The maximum absolute atomic E-state index is 11.8. The van der Waals surface area contributed by atoms with Gasteiger partial charge >= 0.3 is 0 Å². The van der Waals surface area contributed by atoms with E-state index in [1.807, 2.05) is 12.1 Å². The molecule has 170 valence electrons. The van der Waals surface area contributed by atoms with Crippen molar-refractivity contribution in [3.05, 3.63) is 54.6 Å². The van der Waals surface area contributed by atoms with E-state index in [9.17, 15) is 8.42 Å². The lowest BCUT2D eigenvalue weighted by Crippen LogP contribution is -2.31. The highest BCUT2D eigenvalue weighted by Crippen LogP contribution is 2.31. The number of hydrogen-bond donors (Lipinski definition) is 3. The molecule has 1 aliphatic heterocycles. The van der Waals surface area contributed by atoms with Gasteiger partial charge in [0.15, 0.2) is 15.5 Å². The van der Waals surface area contributed by atoms with Gasteiger partial charge in [0.05, 0.1) is 17.3 Å². The van der Waals surface area contributed by atoms with E-state index in [2.05, 4.69) is 30.9 Å². The van der Waals surface area contributed by atoms with Crippen LogP contribution in [0, 0.1) is 17.2 Å². The van der Waals surface area contributed by atoms with Crippen molar-refractivity contribution in [1.82, 2.24) is 20.3 Å². The highest BCUT2D eigenvalue weighted by molar-refractivity contribution is 7.90. The number of aromatic nitrogens is 3. The molecule has 0 amide bonds. The van der Waals surface area contributed by atoms with Gasteiger partial charge in [-0.25, -0.2) is 23.4 Å². The first-order chi connectivity index (χ1) is 15.9. The fourth-order valence-electron chi connectivity index (χ4n) is 3.70. The summed E-state index contributed by atoms with van der Waals surface area (Å²) in [4.78, 5) is 13.0. The van der Waals surface area contributed by atoms with E-state index in [-0.39, 0.29) is 10.6 Å². The van der Waals surface area contributed by atoms with Crippen molar-refractivity contribution in [2.45, 2.75) is 17.7 Å². The van der Waals surface area contributed by atoms with Gasteiger partial charge in [-0.1, -0.05) is 12.1 Å². The van der Waals surface area contributed by atoms with Crippen molar-refractivity contribution in [3.8, 4) is 17.2 Å². The zero-order chi connectivity index (χ0) is 23.3. The van der Waals surface area contributed by atoms with Crippen LogP contribution in [0.15, 0.2) is 53.8 Å². The third-order valence-corrected chi connectivity index (χ3v) is 6.69. The predicted molar refractivity (Wildman–Crippen MR) is 127 cm³/mol. The van der Waals surface area contributed by atoms with Crippen molar-refractivity contribution in [2.24, 2.45) is 5.92 Å². The van der Waals surface area contributed by atoms with Gasteiger partial charge in [0.1, 0.15) is 17.7 Å². The van der Waals surface area contributed by atoms with E-state index in [1.54, 1.807) is 30.5 Å². The van der Waals surface area contributed by atoms with E-state index in [4.69, 9.17) is 5.26 Å². The summed E-state index contributed by atoms with van der Waals surface area (Å²) in [6.45, 7) is 2.87. The van der Waals surface area contributed by atoms with Crippen molar-refractivity contribution in [2.75, 3.05) is 36.5 Å².